The molecule has 0 spiro atoms. The van der Waals surface area contributed by atoms with Crippen molar-refractivity contribution in [2.75, 3.05) is 18.0 Å². The van der Waals surface area contributed by atoms with Crippen molar-refractivity contribution in [2.45, 2.75) is 13.8 Å². The Hall–Kier alpha value is -1.96. The summed E-state index contributed by atoms with van der Waals surface area (Å²) in [4.78, 5) is 30.2. The number of nitrogens with two attached hydrogens (primary N) is 1. The smallest absolute Gasteiger partial charge is 0.332 e. The van der Waals surface area contributed by atoms with Crippen LogP contribution < -0.4 is 10.6 Å². The molecule has 1 amide bonds. The maximum absolute atomic E-state index is 11.0. The van der Waals surface area contributed by atoms with Gasteiger partial charge in [-0.25, -0.2) is 4.98 Å². The van der Waals surface area contributed by atoms with Gasteiger partial charge in [0.1, 0.15) is 5.69 Å². The molecule has 0 aliphatic rings. The van der Waals surface area contributed by atoms with Crippen molar-refractivity contribution in [3.05, 3.63) is 21.1 Å². The number of carbonyl (C=O) groups is 1. The average molecular weight is 274 g/mol. The summed E-state index contributed by atoms with van der Waals surface area (Å²) in [6.45, 7) is 3.33. The summed E-state index contributed by atoms with van der Waals surface area (Å²) in [5, 5.41) is 10.9. The molecule has 1 aromatic heterocycles. The van der Waals surface area contributed by atoms with E-state index in [1.165, 1.54) is 11.8 Å². The number of carbonyl (C=O) groups excluding carboxylic acids is 1. The largest absolute Gasteiger partial charge is 0.368 e. The Morgan fingerprint density at radius 3 is 2.61 bits per heavy atom. The summed E-state index contributed by atoms with van der Waals surface area (Å²) in [5.41, 5.74) is 4.94. The monoisotopic (exact) mass is 273 g/mol. The van der Waals surface area contributed by atoms with Crippen LogP contribution in [0.4, 0.5) is 11.5 Å². The van der Waals surface area contributed by atoms with E-state index in [1.807, 2.05) is 0 Å². The first kappa shape index (κ1) is 14.1. The fourth-order valence-corrected chi connectivity index (χ4v) is 1.68. The van der Waals surface area contributed by atoms with Gasteiger partial charge in [-0.05, 0) is 25.4 Å². The minimum atomic E-state index is -0.612. The number of anilines is 1. The van der Waals surface area contributed by atoms with E-state index in [-0.39, 0.29) is 29.0 Å². The number of halogens is 1. The first-order chi connectivity index (χ1) is 8.36. The Morgan fingerprint density at radius 2 is 2.17 bits per heavy atom. The van der Waals surface area contributed by atoms with E-state index in [4.69, 9.17) is 17.3 Å². The highest BCUT2D eigenvalue weighted by molar-refractivity contribution is 6.28. The molecule has 8 nitrogen and oxygen atoms in total. The lowest BCUT2D eigenvalue weighted by Crippen LogP contribution is -2.34. The highest BCUT2D eigenvalue weighted by atomic mass is 35.5. The summed E-state index contributed by atoms with van der Waals surface area (Å²) in [5.74, 6) is -0.614. The second-order valence-electron chi connectivity index (χ2n) is 3.49. The van der Waals surface area contributed by atoms with E-state index in [1.54, 1.807) is 6.92 Å². The third-order valence-corrected chi connectivity index (χ3v) is 2.39. The van der Waals surface area contributed by atoms with Gasteiger partial charge in [0.25, 0.3) is 0 Å². The number of likely N-dealkylation sites (N-methyl/N-ethyl adjacent to an activating group) is 1. The van der Waals surface area contributed by atoms with Crippen molar-refractivity contribution in [3.63, 3.8) is 0 Å². The lowest BCUT2D eigenvalue weighted by atomic mass is 10.3. The predicted octanol–water partition coefficient (Wildman–Crippen LogP) is 0.658. The molecule has 0 unspecified atom stereocenters. The van der Waals surface area contributed by atoms with Crippen molar-refractivity contribution in [1.82, 2.24) is 9.97 Å². The Balaban J connectivity index is 3.35. The van der Waals surface area contributed by atoms with Crippen LogP contribution in [-0.4, -0.2) is 33.9 Å². The first-order valence-corrected chi connectivity index (χ1v) is 5.46. The Kier molecular flexibility index (Phi) is 4.38. The normalized spacial score (nSPS) is 10.2. The molecule has 1 rings (SSSR count). The zero-order valence-electron chi connectivity index (χ0n) is 9.88. The molecule has 0 aliphatic heterocycles. The molecule has 0 radical (unpaired) electrons. The van der Waals surface area contributed by atoms with E-state index in [0.29, 0.717) is 6.54 Å². The van der Waals surface area contributed by atoms with Crippen LogP contribution in [-0.2, 0) is 4.79 Å². The molecule has 0 aliphatic carbocycles. The van der Waals surface area contributed by atoms with Crippen LogP contribution in [0, 0.1) is 17.0 Å². The van der Waals surface area contributed by atoms with Crippen LogP contribution in [0.25, 0.3) is 0 Å². The highest BCUT2D eigenvalue weighted by Gasteiger charge is 2.26. The summed E-state index contributed by atoms with van der Waals surface area (Å²) in [6, 6.07) is 0. The fraction of sp³-hybridized carbons (Fsp3) is 0.444. The molecule has 0 saturated heterocycles. The number of rotatable bonds is 5. The zero-order chi connectivity index (χ0) is 13.9. The van der Waals surface area contributed by atoms with E-state index in [9.17, 15) is 14.9 Å². The number of aryl methyl sites for hydroxylation is 1. The van der Waals surface area contributed by atoms with Gasteiger partial charge in [-0.2, -0.15) is 4.98 Å². The van der Waals surface area contributed by atoms with Crippen molar-refractivity contribution in [3.8, 4) is 0 Å². The van der Waals surface area contributed by atoms with Gasteiger partial charge in [0.05, 0.1) is 11.5 Å². The van der Waals surface area contributed by atoms with Crippen LogP contribution in [0.2, 0.25) is 5.28 Å². The molecule has 0 aromatic carbocycles. The first-order valence-electron chi connectivity index (χ1n) is 5.08. The predicted molar refractivity (Wildman–Crippen MR) is 65.5 cm³/mol. The molecule has 0 fully saturated rings. The highest BCUT2D eigenvalue weighted by Crippen LogP contribution is 2.29. The summed E-state index contributed by atoms with van der Waals surface area (Å²) in [7, 11) is 0. The van der Waals surface area contributed by atoms with Crippen molar-refractivity contribution in [2.24, 2.45) is 5.73 Å². The minimum Gasteiger partial charge on any atom is -0.368 e. The van der Waals surface area contributed by atoms with Gasteiger partial charge in [0, 0.05) is 6.54 Å². The van der Waals surface area contributed by atoms with Gasteiger partial charge in [-0.3, -0.25) is 14.9 Å². The maximum atomic E-state index is 11.0. The number of aromatic nitrogens is 2. The van der Waals surface area contributed by atoms with Crippen LogP contribution >= 0.6 is 11.6 Å². The molecular weight excluding hydrogens is 262 g/mol. The number of hydrogen-bond acceptors (Lipinski definition) is 6. The Morgan fingerprint density at radius 1 is 1.56 bits per heavy atom. The molecule has 2 N–H and O–H groups in total. The average Bonchev–Trinajstić information content (AvgIpc) is 2.23. The van der Waals surface area contributed by atoms with Crippen molar-refractivity contribution in [1.29, 1.82) is 0 Å². The fourth-order valence-electron chi connectivity index (χ4n) is 1.48. The van der Waals surface area contributed by atoms with E-state index < -0.39 is 10.8 Å². The van der Waals surface area contributed by atoms with Gasteiger partial charge >= 0.3 is 5.69 Å². The molecule has 18 heavy (non-hydrogen) atoms. The second kappa shape index (κ2) is 5.58. The summed E-state index contributed by atoms with van der Waals surface area (Å²) in [6.07, 6.45) is 0. The topological polar surface area (TPSA) is 115 Å². The quantitative estimate of drug-likeness (QED) is 0.478. The molecule has 0 bridgehead atoms. The molecule has 1 heterocycles. The van der Waals surface area contributed by atoms with Gasteiger partial charge in [-0.1, -0.05) is 0 Å². The van der Waals surface area contributed by atoms with Crippen LogP contribution in [0.5, 0.6) is 0 Å². The SMILES string of the molecule is CCN(CC(N)=O)c1nc(Cl)nc(C)c1[N+](=O)[O-]. The van der Waals surface area contributed by atoms with Crippen molar-refractivity contribution < 1.29 is 9.72 Å². The number of primary amides is 1. The number of nitrogens with zero attached hydrogens (tertiary/aromatic N) is 4. The molecule has 1 aromatic rings. The lowest BCUT2D eigenvalue weighted by Gasteiger charge is -2.20. The third-order valence-electron chi connectivity index (χ3n) is 2.22. The number of nitro groups is 1. The zero-order valence-corrected chi connectivity index (χ0v) is 10.6. The van der Waals surface area contributed by atoms with Crippen LogP contribution in [0.1, 0.15) is 12.6 Å². The lowest BCUT2D eigenvalue weighted by molar-refractivity contribution is -0.385. The molecule has 0 saturated carbocycles. The molecule has 9 heteroatoms. The van der Waals surface area contributed by atoms with E-state index >= 15 is 0 Å². The molecule has 98 valence electrons. The van der Waals surface area contributed by atoms with Gasteiger partial charge in [0.15, 0.2) is 0 Å². The maximum Gasteiger partial charge on any atom is 0.332 e. The summed E-state index contributed by atoms with van der Waals surface area (Å²) >= 11 is 5.68. The van der Waals surface area contributed by atoms with Gasteiger partial charge < -0.3 is 10.6 Å². The third kappa shape index (κ3) is 3.04. The molecular formula is C9H12ClN5O3. The summed E-state index contributed by atoms with van der Waals surface area (Å²) < 4.78 is 0. The minimum absolute atomic E-state index is 0.00111. The van der Waals surface area contributed by atoms with Crippen LogP contribution in [0.3, 0.4) is 0 Å². The Bertz CT molecular complexity index is 493. The van der Waals surface area contributed by atoms with E-state index in [2.05, 4.69) is 9.97 Å². The molecule has 0 atom stereocenters. The van der Waals surface area contributed by atoms with E-state index in [0.717, 1.165) is 0 Å². The van der Waals surface area contributed by atoms with Crippen molar-refractivity contribution >= 4 is 29.0 Å². The second-order valence-corrected chi connectivity index (χ2v) is 3.83. The Labute approximate surface area is 108 Å². The van der Waals surface area contributed by atoms with Gasteiger partial charge in [0.2, 0.25) is 17.0 Å². The number of hydrogen-bond donors (Lipinski definition) is 1. The standard InChI is InChI=1S/C9H12ClN5O3/c1-3-14(4-6(11)16)8-7(15(17)18)5(2)12-9(10)13-8/h3-4H2,1-2H3,(H2,11,16). The van der Waals surface area contributed by atoms with Gasteiger partial charge in [-0.15, -0.1) is 0 Å². The van der Waals surface area contributed by atoms with Crippen LogP contribution in [0.15, 0.2) is 0 Å². The number of amides is 1.